The van der Waals surface area contributed by atoms with Crippen molar-refractivity contribution in [3.8, 4) is 5.75 Å². The number of hydrogen-bond donors (Lipinski definition) is 3. The van der Waals surface area contributed by atoms with E-state index in [4.69, 9.17) is 40.0 Å². The maximum Gasteiger partial charge on any atom is 0.409 e. The number of ether oxygens (including phenoxy) is 6. The van der Waals surface area contributed by atoms with Gasteiger partial charge in [0.15, 0.2) is 5.72 Å². The van der Waals surface area contributed by atoms with Crippen molar-refractivity contribution in [3.63, 3.8) is 0 Å². The van der Waals surface area contributed by atoms with Gasteiger partial charge in [-0.3, -0.25) is 14.9 Å². The topological polar surface area (TPSA) is 174 Å². The summed E-state index contributed by atoms with van der Waals surface area (Å²) < 4.78 is 34.9. The lowest BCUT2D eigenvalue weighted by atomic mass is 9.81. The Morgan fingerprint density at radius 1 is 1.14 bits per heavy atom. The minimum atomic E-state index is -1.81. The second-order valence-corrected chi connectivity index (χ2v) is 17.2. The third-order valence-electron chi connectivity index (χ3n) is 11.3. The molecule has 1 aliphatic carbocycles. The summed E-state index contributed by atoms with van der Waals surface area (Å²) in [4.78, 5) is 54.6. The van der Waals surface area contributed by atoms with Crippen LogP contribution in [0.4, 0.5) is 15.3 Å². The Bertz CT molecular complexity index is 1700. The molecule has 14 nitrogen and oxygen atoms in total. The molecule has 0 spiro atoms. The molecule has 7 atom stereocenters. The standard InChI is InChI=1S/C41H58ClN3O11/c1-23-11-10-12-31(52-9)41(50)21-30(53-38(49)44-41)24(2)35-40(6,55-35)32(20-33(46)45(7)28-18-26(17-23)19-29(51-8)34(28)42)54-36(47)27-15-13-25(14-16-27)22-43-37(48)56-39(3,4)5/h10-12,18-19,24-25,27,30-32,35,50H,13-17,20-22H2,1-9H3,(H,43,48)(H,44,49)/b12-10+,23-11+/t24-,25?,27?,30+,31?,32+,35+,40?,41+/m1/s1. The summed E-state index contributed by atoms with van der Waals surface area (Å²) in [5, 5.41) is 17.4. The molecule has 3 aliphatic heterocycles. The number of amides is 3. The zero-order valence-electron chi connectivity index (χ0n) is 33.9. The molecule has 5 rings (SSSR count). The first-order chi connectivity index (χ1) is 26.3. The van der Waals surface area contributed by atoms with Crippen molar-refractivity contribution in [1.29, 1.82) is 0 Å². The molecular formula is C41H58ClN3O11. The average molecular weight is 804 g/mol. The largest absolute Gasteiger partial charge is 0.495 e. The van der Waals surface area contributed by atoms with E-state index in [0.29, 0.717) is 50.1 Å². The number of halogens is 1. The molecule has 3 fully saturated rings. The van der Waals surface area contributed by atoms with Crippen molar-refractivity contribution in [3.05, 3.63) is 46.5 Å². The number of carbonyl (C=O) groups excluding carboxylic acids is 4. The van der Waals surface area contributed by atoms with Crippen LogP contribution in [0.2, 0.25) is 5.02 Å². The Balaban J connectivity index is 1.42. The lowest BCUT2D eigenvalue weighted by molar-refractivity contribution is -0.160. The molecule has 2 unspecified atom stereocenters. The number of rotatable bonds is 6. The van der Waals surface area contributed by atoms with Gasteiger partial charge in [-0.1, -0.05) is 42.3 Å². The van der Waals surface area contributed by atoms with Gasteiger partial charge in [-0.2, -0.15) is 0 Å². The van der Waals surface area contributed by atoms with E-state index < -0.39 is 71.3 Å². The van der Waals surface area contributed by atoms with Crippen LogP contribution in [0.1, 0.15) is 85.6 Å². The molecule has 3 amide bonds. The molecular weight excluding hydrogens is 746 g/mol. The van der Waals surface area contributed by atoms with E-state index in [1.165, 1.54) is 19.1 Å². The highest BCUT2D eigenvalue weighted by atomic mass is 35.5. The fourth-order valence-corrected chi connectivity index (χ4v) is 8.30. The van der Waals surface area contributed by atoms with Crippen LogP contribution in [0.25, 0.3) is 0 Å². The van der Waals surface area contributed by atoms with Crippen molar-refractivity contribution in [2.24, 2.45) is 17.8 Å². The first-order valence-electron chi connectivity index (χ1n) is 19.3. The molecule has 56 heavy (non-hydrogen) atoms. The van der Waals surface area contributed by atoms with E-state index >= 15 is 0 Å². The minimum Gasteiger partial charge on any atom is -0.495 e. The SMILES string of the molecule is COc1cc2cc(c1Cl)N(C)C(=O)C[C@H](OC(=O)C1CCC(CNC(=O)OC(C)(C)C)CC1)C1(C)O[C@H]1[C@H](C)[C@@H]1C[C@@](O)(NC(=O)O1)C(OC)/C=C/C=C(\C)C2. The van der Waals surface area contributed by atoms with Gasteiger partial charge in [-0.25, -0.2) is 9.59 Å². The number of hydrogen-bond acceptors (Lipinski definition) is 11. The van der Waals surface area contributed by atoms with Gasteiger partial charge in [-0.05, 0) is 90.3 Å². The number of methoxy groups -OCH3 is 2. The van der Waals surface area contributed by atoms with Crippen molar-refractivity contribution < 1.29 is 52.7 Å². The summed E-state index contributed by atoms with van der Waals surface area (Å²) in [5.41, 5.74) is -1.35. The molecule has 4 bridgehead atoms. The van der Waals surface area contributed by atoms with Crippen molar-refractivity contribution in [2.45, 2.75) is 128 Å². The van der Waals surface area contributed by atoms with Crippen molar-refractivity contribution in [1.82, 2.24) is 10.6 Å². The minimum absolute atomic E-state index is 0.0241. The van der Waals surface area contributed by atoms with Gasteiger partial charge in [0.1, 0.15) is 40.3 Å². The fourth-order valence-electron chi connectivity index (χ4n) is 7.99. The third-order valence-corrected chi connectivity index (χ3v) is 11.7. The highest BCUT2D eigenvalue weighted by Crippen LogP contribution is 2.49. The fraction of sp³-hybridized carbons (Fsp3) is 0.659. The van der Waals surface area contributed by atoms with Gasteiger partial charge < -0.3 is 43.7 Å². The Morgan fingerprint density at radius 3 is 2.48 bits per heavy atom. The van der Waals surface area contributed by atoms with E-state index in [9.17, 15) is 24.3 Å². The van der Waals surface area contributed by atoms with Crippen molar-refractivity contribution >= 4 is 41.4 Å². The summed E-state index contributed by atoms with van der Waals surface area (Å²) in [5.74, 6) is -1.14. The first kappa shape index (κ1) is 43.3. The van der Waals surface area contributed by atoms with Gasteiger partial charge in [0.2, 0.25) is 5.91 Å². The molecule has 1 aromatic carbocycles. The van der Waals surface area contributed by atoms with Crippen LogP contribution < -0.4 is 20.3 Å². The van der Waals surface area contributed by atoms with E-state index in [1.54, 1.807) is 46.9 Å². The van der Waals surface area contributed by atoms with Gasteiger partial charge in [0.05, 0.1) is 31.2 Å². The van der Waals surface area contributed by atoms with Gasteiger partial charge in [-0.15, -0.1) is 0 Å². The van der Waals surface area contributed by atoms with E-state index in [2.05, 4.69) is 10.6 Å². The molecule has 310 valence electrons. The maximum atomic E-state index is 14.2. The Labute approximate surface area is 334 Å². The van der Waals surface area contributed by atoms with Crippen LogP contribution in [0.3, 0.4) is 0 Å². The lowest BCUT2D eigenvalue weighted by Gasteiger charge is -2.42. The van der Waals surface area contributed by atoms with Gasteiger partial charge in [0.25, 0.3) is 0 Å². The van der Waals surface area contributed by atoms with E-state index in [1.807, 2.05) is 32.1 Å². The summed E-state index contributed by atoms with van der Waals surface area (Å²) in [6, 6.07) is 3.63. The zero-order chi connectivity index (χ0) is 41.2. The number of fused-ring (bicyclic) bond motifs is 5. The zero-order valence-corrected chi connectivity index (χ0v) is 34.7. The van der Waals surface area contributed by atoms with Crippen molar-refractivity contribution in [2.75, 3.05) is 32.7 Å². The number of allylic oxidation sites excluding steroid dienone is 3. The molecule has 0 radical (unpaired) electrons. The molecule has 4 aliphatic rings. The third kappa shape index (κ3) is 10.2. The number of carbonyl (C=O) groups is 4. The predicted octanol–water partition coefficient (Wildman–Crippen LogP) is 6.00. The van der Waals surface area contributed by atoms with Crippen LogP contribution in [0.5, 0.6) is 5.75 Å². The van der Waals surface area contributed by atoms with E-state index in [-0.39, 0.29) is 29.7 Å². The number of aliphatic hydroxyl groups is 1. The Kier molecular flexibility index (Phi) is 13.4. The maximum absolute atomic E-state index is 14.2. The molecule has 0 aromatic heterocycles. The molecule has 3 heterocycles. The molecule has 1 saturated carbocycles. The first-order valence-corrected chi connectivity index (χ1v) is 19.7. The lowest BCUT2D eigenvalue weighted by Crippen LogP contribution is -2.63. The van der Waals surface area contributed by atoms with Gasteiger partial charge >= 0.3 is 18.2 Å². The van der Waals surface area contributed by atoms with Crippen LogP contribution in [0, 0.1) is 17.8 Å². The second kappa shape index (κ2) is 17.3. The number of epoxide rings is 1. The van der Waals surface area contributed by atoms with Crippen LogP contribution in [0.15, 0.2) is 35.9 Å². The molecule has 3 N–H and O–H groups in total. The average Bonchev–Trinajstić information content (AvgIpc) is 3.82. The Hall–Kier alpha value is -3.85. The molecule has 1 aromatic rings. The quantitative estimate of drug-likeness (QED) is 0.175. The number of benzene rings is 1. The van der Waals surface area contributed by atoms with Gasteiger partial charge in [0, 0.05) is 33.0 Å². The monoisotopic (exact) mass is 803 g/mol. The summed E-state index contributed by atoms with van der Waals surface area (Å²) in [6.45, 7) is 11.4. The van der Waals surface area contributed by atoms with Crippen LogP contribution >= 0.6 is 11.6 Å². The van der Waals surface area contributed by atoms with E-state index in [0.717, 1.165) is 11.1 Å². The van der Waals surface area contributed by atoms with Crippen LogP contribution in [-0.4, -0.2) is 98.3 Å². The molecule has 2 saturated heterocycles. The highest BCUT2D eigenvalue weighted by molar-refractivity contribution is 6.35. The number of nitrogens with zero attached hydrogens (tertiary/aromatic N) is 1. The number of anilines is 1. The summed E-state index contributed by atoms with van der Waals surface area (Å²) in [7, 11) is 4.56. The highest BCUT2D eigenvalue weighted by Gasteiger charge is 2.64. The molecule has 15 heteroatoms. The summed E-state index contributed by atoms with van der Waals surface area (Å²) >= 11 is 6.79. The number of nitrogens with one attached hydrogen (secondary N) is 2. The Morgan fingerprint density at radius 2 is 1.84 bits per heavy atom. The predicted molar refractivity (Wildman–Crippen MR) is 208 cm³/mol. The summed E-state index contributed by atoms with van der Waals surface area (Å²) in [6.07, 6.45) is 3.36. The van der Waals surface area contributed by atoms with Crippen LogP contribution in [-0.2, 0) is 39.7 Å². The smallest absolute Gasteiger partial charge is 0.409 e. The number of alkyl carbamates (subject to hydrolysis) is 2. The second-order valence-electron chi connectivity index (χ2n) is 16.8. The number of esters is 1. The normalized spacial score (nSPS) is 34.1.